The quantitative estimate of drug-likeness (QED) is 0.577. The maximum Gasteiger partial charge on any atom is 0.225 e. The molecule has 1 heterocycles. The van der Waals surface area contributed by atoms with Crippen molar-refractivity contribution in [1.29, 1.82) is 0 Å². The molecular weight excluding hydrogens is 356 g/mol. The van der Waals surface area contributed by atoms with Gasteiger partial charge in [0.25, 0.3) is 0 Å². The molecule has 1 atom stereocenters. The molecule has 0 bridgehead atoms. The number of hydrogen-bond donors (Lipinski definition) is 2. The van der Waals surface area contributed by atoms with E-state index < -0.39 is 0 Å². The number of carbonyl (C=O) groups is 1. The smallest absolute Gasteiger partial charge is 0.225 e. The van der Waals surface area contributed by atoms with Gasteiger partial charge in [0.05, 0.1) is 14.2 Å². The van der Waals surface area contributed by atoms with Crippen LogP contribution in [-0.4, -0.2) is 57.2 Å². The number of benzene rings is 1. The van der Waals surface area contributed by atoms with Crippen LogP contribution in [0.2, 0.25) is 0 Å². The molecule has 2 N–H and O–H groups in total. The maximum atomic E-state index is 12.6. The minimum Gasteiger partial charge on any atom is -0.497 e. The molecule has 0 spiro atoms. The Balaban J connectivity index is 1.50. The van der Waals surface area contributed by atoms with Crippen LogP contribution < -0.4 is 20.1 Å². The molecule has 1 saturated heterocycles. The third-order valence-corrected chi connectivity index (χ3v) is 5.71. The number of nitrogens with one attached hydrogen (secondary N) is 2. The van der Waals surface area contributed by atoms with Crippen LogP contribution in [0.4, 0.5) is 0 Å². The second-order valence-electron chi connectivity index (χ2n) is 7.50. The average Bonchev–Trinajstić information content (AvgIpc) is 3.42. The molecule has 1 amide bonds. The van der Waals surface area contributed by atoms with Crippen molar-refractivity contribution in [1.82, 2.24) is 15.5 Å². The summed E-state index contributed by atoms with van der Waals surface area (Å²) in [6.07, 6.45) is 5.44. The average molecular weight is 389 g/mol. The van der Waals surface area contributed by atoms with E-state index >= 15 is 0 Å². The molecule has 154 valence electrons. The first-order valence-electron chi connectivity index (χ1n) is 10.1. The van der Waals surface area contributed by atoms with E-state index in [1.54, 1.807) is 21.3 Å². The van der Waals surface area contributed by atoms with E-state index in [0.717, 1.165) is 55.4 Å². The van der Waals surface area contributed by atoms with E-state index in [9.17, 15) is 4.79 Å². The van der Waals surface area contributed by atoms with E-state index in [4.69, 9.17) is 9.47 Å². The summed E-state index contributed by atoms with van der Waals surface area (Å²) in [6.45, 7) is 2.17. The third-order valence-electron chi connectivity index (χ3n) is 5.71. The number of rotatable bonds is 6. The molecule has 2 fully saturated rings. The number of aliphatic imine (C=N–C) groups is 1. The first-order chi connectivity index (χ1) is 13.6. The van der Waals surface area contributed by atoms with Crippen molar-refractivity contribution in [2.24, 2.45) is 10.9 Å². The summed E-state index contributed by atoms with van der Waals surface area (Å²) in [7, 11) is 5.05. The third kappa shape index (κ3) is 4.88. The van der Waals surface area contributed by atoms with Crippen molar-refractivity contribution in [3.05, 3.63) is 23.8 Å². The number of amides is 1. The SMILES string of the molecule is CN=C(NCc1ccc(OC)cc1OC)NC1CCN(C(=O)C2CCCC2)C1. The molecule has 0 radical (unpaired) electrons. The van der Waals surface area contributed by atoms with Crippen LogP contribution in [0.25, 0.3) is 0 Å². The number of guanidine groups is 1. The highest BCUT2D eigenvalue weighted by Crippen LogP contribution is 2.28. The van der Waals surface area contributed by atoms with Crippen molar-refractivity contribution in [3.63, 3.8) is 0 Å². The molecule has 1 saturated carbocycles. The molecule has 7 nitrogen and oxygen atoms in total. The van der Waals surface area contributed by atoms with Crippen LogP contribution >= 0.6 is 0 Å². The van der Waals surface area contributed by atoms with Crippen LogP contribution in [0.15, 0.2) is 23.2 Å². The number of hydrogen-bond acceptors (Lipinski definition) is 4. The summed E-state index contributed by atoms with van der Waals surface area (Å²) < 4.78 is 10.7. The van der Waals surface area contributed by atoms with Gasteiger partial charge in [-0.2, -0.15) is 0 Å². The lowest BCUT2D eigenvalue weighted by Gasteiger charge is -2.21. The molecule has 1 aromatic rings. The van der Waals surface area contributed by atoms with E-state index in [1.807, 2.05) is 23.1 Å². The summed E-state index contributed by atoms with van der Waals surface area (Å²) in [5, 5.41) is 6.79. The van der Waals surface area contributed by atoms with E-state index in [0.29, 0.717) is 12.5 Å². The van der Waals surface area contributed by atoms with E-state index in [-0.39, 0.29) is 12.0 Å². The van der Waals surface area contributed by atoms with Gasteiger partial charge in [0.15, 0.2) is 5.96 Å². The Kier molecular flexibility index (Phi) is 7.01. The lowest BCUT2D eigenvalue weighted by atomic mass is 10.1. The zero-order valence-corrected chi connectivity index (χ0v) is 17.2. The first kappa shape index (κ1) is 20.3. The van der Waals surface area contributed by atoms with Gasteiger partial charge in [-0.1, -0.05) is 12.8 Å². The standard InChI is InChI=1S/C21H32N4O3/c1-22-21(23-13-16-8-9-18(27-2)12-19(16)28-3)24-17-10-11-25(14-17)20(26)15-6-4-5-7-15/h8-9,12,15,17H,4-7,10-11,13-14H2,1-3H3,(H2,22,23,24). The molecule has 1 aliphatic heterocycles. The monoisotopic (exact) mass is 388 g/mol. The zero-order chi connectivity index (χ0) is 19.9. The topological polar surface area (TPSA) is 75.2 Å². The number of carbonyl (C=O) groups excluding carboxylic acids is 1. The molecule has 28 heavy (non-hydrogen) atoms. The van der Waals surface area contributed by atoms with Crippen LogP contribution in [0.3, 0.4) is 0 Å². The van der Waals surface area contributed by atoms with Gasteiger partial charge in [-0.05, 0) is 31.4 Å². The van der Waals surface area contributed by atoms with Gasteiger partial charge >= 0.3 is 0 Å². The Bertz CT molecular complexity index is 701. The second kappa shape index (κ2) is 9.66. The molecule has 7 heteroatoms. The van der Waals surface area contributed by atoms with E-state index in [2.05, 4.69) is 15.6 Å². The summed E-state index contributed by atoms with van der Waals surface area (Å²) in [5.41, 5.74) is 1.02. The van der Waals surface area contributed by atoms with Crippen molar-refractivity contribution < 1.29 is 14.3 Å². The minimum atomic E-state index is 0.231. The second-order valence-corrected chi connectivity index (χ2v) is 7.50. The van der Waals surface area contributed by atoms with Gasteiger partial charge in [0.2, 0.25) is 5.91 Å². The predicted molar refractivity (Wildman–Crippen MR) is 110 cm³/mol. The van der Waals surface area contributed by atoms with Crippen LogP contribution in [-0.2, 0) is 11.3 Å². The van der Waals surface area contributed by atoms with Crippen LogP contribution in [0, 0.1) is 5.92 Å². The summed E-state index contributed by atoms with van der Waals surface area (Å²) in [5.74, 6) is 2.86. The highest BCUT2D eigenvalue weighted by atomic mass is 16.5. The summed E-state index contributed by atoms with van der Waals surface area (Å²) in [6, 6.07) is 6.00. The summed E-state index contributed by atoms with van der Waals surface area (Å²) in [4.78, 5) is 19.0. The fraction of sp³-hybridized carbons (Fsp3) is 0.619. The van der Waals surface area contributed by atoms with Gasteiger partial charge in [-0.3, -0.25) is 9.79 Å². The number of nitrogens with zero attached hydrogens (tertiary/aromatic N) is 2. The number of likely N-dealkylation sites (tertiary alicyclic amines) is 1. The Morgan fingerprint density at radius 1 is 1.21 bits per heavy atom. The van der Waals surface area contributed by atoms with Crippen molar-refractivity contribution >= 4 is 11.9 Å². The number of methoxy groups -OCH3 is 2. The fourth-order valence-corrected chi connectivity index (χ4v) is 4.07. The highest BCUT2D eigenvalue weighted by Gasteiger charge is 2.32. The normalized spacial score (nSPS) is 20.3. The van der Waals surface area contributed by atoms with Crippen molar-refractivity contribution in [2.75, 3.05) is 34.4 Å². The molecule has 0 aromatic heterocycles. The molecular formula is C21H32N4O3. The molecule has 1 aliphatic carbocycles. The van der Waals surface area contributed by atoms with Gasteiger partial charge in [-0.15, -0.1) is 0 Å². The van der Waals surface area contributed by atoms with Gasteiger partial charge in [0.1, 0.15) is 11.5 Å². The zero-order valence-electron chi connectivity index (χ0n) is 17.2. The highest BCUT2D eigenvalue weighted by molar-refractivity contribution is 5.81. The molecule has 2 aliphatic rings. The van der Waals surface area contributed by atoms with Gasteiger partial charge < -0.3 is 25.0 Å². The van der Waals surface area contributed by atoms with Crippen LogP contribution in [0.1, 0.15) is 37.7 Å². The Morgan fingerprint density at radius 3 is 2.68 bits per heavy atom. The molecule has 1 unspecified atom stereocenters. The minimum absolute atomic E-state index is 0.231. The van der Waals surface area contributed by atoms with E-state index in [1.165, 1.54) is 12.8 Å². The largest absolute Gasteiger partial charge is 0.497 e. The van der Waals surface area contributed by atoms with Crippen LogP contribution in [0.5, 0.6) is 11.5 Å². The molecule has 1 aromatic carbocycles. The summed E-state index contributed by atoms with van der Waals surface area (Å²) >= 11 is 0. The Hall–Kier alpha value is -2.44. The fourth-order valence-electron chi connectivity index (χ4n) is 4.07. The van der Waals surface area contributed by atoms with Crippen molar-refractivity contribution in [2.45, 2.75) is 44.7 Å². The molecule has 3 rings (SSSR count). The number of ether oxygens (including phenoxy) is 2. The van der Waals surface area contributed by atoms with Gasteiger partial charge in [-0.25, -0.2) is 0 Å². The maximum absolute atomic E-state index is 12.6. The van der Waals surface area contributed by atoms with Crippen molar-refractivity contribution in [3.8, 4) is 11.5 Å². The Labute approximate surface area is 167 Å². The Morgan fingerprint density at radius 2 is 2.00 bits per heavy atom. The van der Waals surface area contributed by atoms with Gasteiger partial charge in [0, 0.05) is 50.3 Å². The predicted octanol–water partition coefficient (Wildman–Crippen LogP) is 2.16. The lowest BCUT2D eigenvalue weighted by Crippen LogP contribution is -2.45. The first-order valence-corrected chi connectivity index (χ1v) is 10.1. The lowest BCUT2D eigenvalue weighted by molar-refractivity contribution is -0.134.